The fraction of sp³-hybridized carbons (Fsp3) is 0.846. The van der Waals surface area contributed by atoms with E-state index in [-0.39, 0.29) is 29.5 Å². The van der Waals surface area contributed by atoms with Gasteiger partial charge in [0.2, 0.25) is 0 Å². The van der Waals surface area contributed by atoms with E-state index in [4.69, 9.17) is 4.74 Å². The Morgan fingerprint density at radius 1 is 1.07 bits per heavy atom. The summed E-state index contributed by atoms with van der Waals surface area (Å²) < 4.78 is 5.84. The van der Waals surface area contributed by atoms with Crippen molar-refractivity contribution in [2.75, 3.05) is 0 Å². The molecule has 2 heterocycles. The van der Waals surface area contributed by atoms with E-state index in [1.807, 2.05) is 0 Å². The van der Waals surface area contributed by atoms with Crippen molar-refractivity contribution in [2.24, 2.45) is 17.3 Å². The van der Waals surface area contributed by atoms with Gasteiger partial charge in [-0.2, -0.15) is 0 Å². The smallest absolute Gasteiger partial charge is 0.0818 e. The molecule has 2 nitrogen and oxygen atoms in total. The standard InChI is InChI=1S/C13H22O2/c1-8-10-6-7-11(15-10)9(2)13(8,14)12(3,4)5/h6-11,14H,1-5H3/t8-,9+,10?,11?,13?. The van der Waals surface area contributed by atoms with Crippen LogP contribution in [0.25, 0.3) is 0 Å². The van der Waals surface area contributed by atoms with Crippen molar-refractivity contribution < 1.29 is 9.84 Å². The third kappa shape index (κ3) is 1.31. The molecule has 2 aliphatic heterocycles. The van der Waals surface area contributed by atoms with Crippen LogP contribution in [0.15, 0.2) is 12.2 Å². The van der Waals surface area contributed by atoms with E-state index >= 15 is 0 Å². The lowest BCUT2D eigenvalue weighted by Crippen LogP contribution is -2.61. The Morgan fingerprint density at radius 3 is 1.80 bits per heavy atom. The van der Waals surface area contributed by atoms with Crippen LogP contribution in [0.3, 0.4) is 0 Å². The van der Waals surface area contributed by atoms with Crippen molar-refractivity contribution in [3.63, 3.8) is 0 Å². The molecule has 15 heavy (non-hydrogen) atoms. The maximum atomic E-state index is 11.0. The van der Waals surface area contributed by atoms with Crippen LogP contribution < -0.4 is 0 Å². The molecule has 86 valence electrons. The van der Waals surface area contributed by atoms with Gasteiger partial charge in [0.15, 0.2) is 0 Å². The molecule has 2 rings (SSSR count). The van der Waals surface area contributed by atoms with Gasteiger partial charge >= 0.3 is 0 Å². The number of fused-ring (bicyclic) bond motifs is 2. The normalized spacial score (nSPS) is 49.7. The monoisotopic (exact) mass is 210 g/mol. The van der Waals surface area contributed by atoms with Gasteiger partial charge in [0, 0.05) is 11.8 Å². The second-order valence-corrected chi connectivity index (χ2v) is 6.10. The minimum atomic E-state index is -0.649. The first-order valence-corrected chi connectivity index (χ1v) is 5.84. The summed E-state index contributed by atoms with van der Waals surface area (Å²) in [5.41, 5.74) is -0.762. The summed E-state index contributed by atoms with van der Waals surface area (Å²) in [7, 11) is 0. The molecule has 2 heteroatoms. The Hall–Kier alpha value is -0.340. The van der Waals surface area contributed by atoms with E-state index in [2.05, 4.69) is 46.8 Å². The first kappa shape index (κ1) is 11.2. The Labute approximate surface area is 92.3 Å². The summed E-state index contributed by atoms with van der Waals surface area (Å²) in [6.07, 6.45) is 4.40. The largest absolute Gasteiger partial charge is 0.389 e. The lowest BCUT2D eigenvalue weighted by Gasteiger charge is -2.54. The van der Waals surface area contributed by atoms with Gasteiger partial charge in [0.25, 0.3) is 0 Å². The first-order valence-electron chi connectivity index (χ1n) is 5.84. The zero-order chi connectivity index (χ0) is 11.4. The molecule has 0 radical (unpaired) electrons. The number of rotatable bonds is 0. The van der Waals surface area contributed by atoms with E-state index < -0.39 is 5.60 Å². The molecule has 0 aromatic heterocycles. The van der Waals surface area contributed by atoms with Gasteiger partial charge in [-0.1, -0.05) is 46.8 Å². The van der Waals surface area contributed by atoms with Crippen molar-refractivity contribution in [3.05, 3.63) is 12.2 Å². The van der Waals surface area contributed by atoms with E-state index in [1.54, 1.807) is 0 Å². The number of ether oxygens (including phenoxy) is 1. The average molecular weight is 210 g/mol. The van der Waals surface area contributed by atoms with Crippen molar-refractivity contribution in [1.29, 1.82) is 0 Å². The van der Waals surface area contributed by atoms with Crippen LogP contribution >= 0.6 is 0 Å². The summed E-state index contributed by atoms with van der Waals surface area (Å²) >= 11 is 0. The molecule has 1 N–H and O–H groups in total. The van der Waals surface area contributed by atoms with Crippen LogP contribution in [0, 0.1) is 17.3 Å². The summed E-state index contributed by atoms with van der Waals surface area (Å²) in [5.74, 6) is 0.310. The number of hydrogen-bond acceptors (Lipinski definition) is 2. The molecule has 3 unspecified atom stereocenters. The molecular weight excluding hydrogens is 188 g/mol. The predicted octanol–water partition coefficient (Wildman–Crippen LogP) is 2.37. The van der Waals surface area contributed by atoms with Crippen LogP contribution in [0.1, 0.15) is 34.6 Å². The first-order chi connectivity index (χ1) is 6.78. The Kier molecular flexibility index (Phi) is 2.29. The van der Waals surface area contributed by atoms with Crippen LogP contribution in [0.5, 0.6) is 0 Å². The zero-order valence-electron chi connectivity index (χ0n) is 10.3. The average Bonchev–Trinajstić information content (AvgIpc) is 2.56. The van der Waals surface area contributed by atoms with E-state index in [0.717, 1.165) is 0 Å². The minimum absolute atomic E-state index is 0.0930. The van der Waals surface area contributed by atoms with Crippen LogP contribution in [-0.2, 0) is 4.74 Å². The molecule has 0 aromatic carbocycles. The molecule has 1 fully saturated rings. The highest BCUT2D eigenvalue weighted by Gasteiger charge is 2.57. The molecule has 0 saturated carbocycles. The van der Waals surface area contributed by atoms with Gasteiger partial charge in [-0.05, 0) is 5.41 Å². The summed E-state index contributed by atoms with van der Waals surface area (Å²) in [5, 5.41) is 11.0. The van der Waals surface area contributed by atoms with E-state index in [1.165, 1.54) is 0 Å². The second-order valence-electron chi connectivity index (χ2n) is 6.10. The molecule has 0 spiro atoms. The Balaban J connectivity index is 2.41. The fourth-order valence-corrected chi connectivity index (χ4v) is 3.34. The molecule has 2 aliphatic rings. The topological polar surface area (TPSA) is 29.5 Å². The molecule has 0 amide bonds. The minimum Gasteiger partial charge on any atom is -0.389 e. The van der Waals surface area contributed by atoms with Gasteiger partial charge in [0.05, 0.1) is 17.8 Å². The molecule has 1 saturated heterocycles. The summed E-state index contributed by atoms with van der Waals surface area (Å²) in [6, 6.07) is 0. The summed E-state index contributed by atoms with van der Waals surface area (Å²) in [4.78, 5) is 0. The quantitative estimate of drug-likeness (QED) is 0.622. The van der Waals surface area contributed by atoms with Crippen LogP contribution in [0.2, 0.25) is 0 Å². The highest BCUT2D eigenvalue weighted by molar-refractivity contribution is 5.18. The Bertz CT molecular complexity index is 269. The van der Waals surface area contributed by atoms with Gasteiger partial charge in [-0.15, -0.1) is 0 Å². The van der Waals surface area contributed by atoms with Gasteiger partial charge in [-0.25, -0.2) is 0 Å². The maximum Gasteiger partial charge on any atom is 0.0818 e. The van der Waals surface area contributed by atoms with Gasteiger partial charge in [0.1, 0.15) is 0 Å². The Morgan fingerprint density at radius 2 is 1.47 bits per heavy atom. The number of aliphatic hydroxyl groups is 1. The molecule has 5 atom stereocenters. The number of hydrogen-bond donors (Lipinski definition) is 1. The summed E-state index contributed by atoms with van der Waals surface area (Å²) in [6.45, 7) is 10.5. The molecule has 2 bridgehead atoms. The lowest BCUT2D eigenvalue weighted by atomic mass is 9.60. The van der Waals surface area contributed by atoms with Crippen molar-refractivity contribution in [2.45, 2.75) is 52.4 Å². The lowest BCUT2D eigenvalue weighted by molar-refractivity contribution is -0.225. The van der Waals surface area contributed by atoms with Gasteiger partial charge < -0.3 is 9.84 Å². The molecular formula is C13H22O2. The van der Waals surface area contributed by atoms with Crippen molar-refractivity contribution in [1.82, 2.24) is 0 Å². The van der Waals surface area contributed by atoms with Gasteiger partial charge in [-0.3, -0.25) is 0 Å². The fourth-order valence-electron chi connectivity index (χ4n) is 3.34. The second kappa shape index (κ2) is 3.08. The van der Waals surface area contributed by atoms with Crippen LogP contribution in [-0.4, -0.2) is 22.9 Å². The predicted molar refractivity (Wildman–Crippen MR) is 60.5 cm³/mol. The van der Waals surface area contributed by atoms with E-state index in [0.29, 0.717) is 0 Å². The highest BCUT2D eigenvalue weighted by Crippen LogP contribution is 2.51. The third-order valence-electron chi connectivity index (χ3n) is 4.38. The highest BCUT2D eigenvalue weighted by atomic mass is 16.5. The van der Waals surface area contributed by atoms with Crippen LogP contribution in [0.4, 0.5) is 0 Å². The molecule has 0 aromatic rings. The van der Waals surface area contributed by atoms with Crippen molar-refractivity contribution >= 4 is 0 Å². The molecule has 0 aliphatic carbocycles. The third-order valence-corrected chi connectivity index (χ3v) is 4.38. The maximum absolute atomic E-state index is 11.0. The zero-order valence-corrected chi connectivity index (χ0v) is 10.3. The SMILES string of the molecule is C[C@@H]1C2C=CC(O2)[C@H](C)C1(O)C(C)(C)C. The van der Waals surface area contributed by atoms with Crippen molar-refractivity contribution in [3.8, 4) is 0 Å². The van der Waals surface area contributed by atoms with E-state index in [9.17, 15) is 5.11 Å².